The SMILES string of the molecule is COc1cc(C=Cc2nc(O)c([N+](=O)[O-])c(=O)[nH]2)cc(Cl)c1OCc1ccccc1C#N. The van der Waals surface area contributed by atoms with Crippen molar-refractivity contribution in [3.63, 3.8) is 0 Å². The Hall–Kier alpha value is -4.36. The standard InChI is InChI=1S/C21H15ClN4O6/c1-31-16-9-12(6-7-17-24-20(27)18(26(29)30)21(28)25-17)8-15(22)19(16)32-11-14-5-3-2-4-13(14)10-23/h2-9H,11H2,1H3,(H2,24,25,27,28). The Morgan fingerprint density at radius 3 is 2.75 bits per heavy atom. The lowest BCUT2D eigenvalue weighted by Crippen LogP contribution is -2.14. The van der Waals surface area contributed by atoms with Crippen molar-refractivity contribution in [2.75, 3.05) is 7.11 Å². The van der Waals surface area contributed by atoms with E-state index in [1.165, 1.54) is 19.3 Å². The monoisotopic (exact) mass is 454 g/mol. The molecular weight excluding hydrogens is 440 g/mol. The first-order chi connectivity index (χ1) is 15.3. The summed E-state index contributed by atoms with van der Waals surface area (Å²) >= 11 is 6.35. The number of nitro groups is 1. The number of ether oxygens (including phenoxy) is 2. The smallest absolute Gasteiger partial charge is 0.395 e. The van der Waals surface area contributed by atoms with E-state index in [2.05, 4.69) is 16.0 Å². The van der Waals surface area contributed by atoms with E-state index >= 15 is 0 Å². The normalized spacial score (nSPS) is 10.7. The molecule has 0 atom stereocenters. The van der Waals surface area contributed by atoms with Gasteiger partial charge in [-0.3, -0.25) is 14.9 Å². The first-order valence-corrected chi connectivity index (χ1v) is 9.36. The quantitative estimate of drug-likeness (QED) is 0.405. The van der Waals surface area contributed by atoms with Crippen LogP contribution in [0.2, 0.25) is 5.02 Å². The van der Waals surface area contributed by atoms with Gasteiger partial charge in [-0.05, 0) is 29.8 Å². The Morgan fingerprint density at radius 1 is 1.34 bits per heavy atom. The molecule has 3 rings (SSSR count). The Labute approximate surface area is 186 Å². The van der Waals surface area contributed by atoms with E-state index in [1.807, 2.05) is 0 Å². The molecule has 0 bridgehead atoms. The molecule has 10 nitrogen and oxygen atoms in total. The molecule has 0 amide bonds. The lowest BCUT2D eigenvalue weighted by Gasteiger charge is -2.14. The number of H-pyrrole nitrogens is 1. The van der Waals surface area contributed by atoms with Gasteiger partial charge in [0, 0.05) is 5.56 Å². The van der Waals surface area contributed by atoms with Gasteiger partial charge in [-0.1, -0.05) is 35.9 Å². The van der Waals surface area contributed by atoms with Gasteiger partial charge in [-0.15, -0.1) is 0 Å². The van der Waals surface area contributed by atoms with Crippen LogP contribution in [0.25, 0.3) is 12.2 Å². The molecule has 0 saturated carbocycles. The van der Waals surface area contributed by atoms with E-state index in [9.17, 15) is 25.3 Å². The summed E-state index contributed by atoms with van der Waals surface area (Å²) < 4.78 is 11.1. The van der Waals surface area contributed by atoms with E-state index < -0.39 is 22.0 Å². The largest absolute Gasteiger partial charge is 0.493 e. The van der Waals surface area contributed by atoms with Crippen molar-refractivity contribution in [1.29, 1.82) is 5.26 Å². The van der Waals surface area contributed by atoms with Crippen LogP contribution in [0.15, 0.2) is 41.2 Å². The third-order valence-corrected chi connectivity index (χ3v) is 4.55. The van der Waals surface area contributed by atoms with Crippen LogP contribution in [0.1, 0.15) is 22.5 Å². The van der Waals surface area contributed by atoms with Crippen LogP contribution in [0, 0.1) is 21.4 Å². The fraction of sp³-hybridized carbons (Fsp3) is 0.0952. The number of aromatic nitrogens is 2. The number of aromatic hydroxyl groups is 1. The summed E-state index contributed by atoms with van der Waals surface area (Å²) in [6, 6.07) is 12.3. The van der Waals surface area contributed by atoms with Crippen LogP contribution in [0.4, 0.5) is 5.69 Å². The second-order valence-electron chi connectivity index (χ2n) is 6.31. The molecule has 11 heteroatoms. The minimum Gasteiger partial charge on any atom is -0.493 e. The number of rotatable bonds is 7. The molecule has 0 aliphatic rings. The molecule has 32 heavy (non-hydrogen) atoms. The lowest BCUT2D eigenvalue weighted by molar-refractivity contribution is -0.387. The highest BCUT2D eigenvalue weighted by molar-refractivity contribution is 6.32. The Kier molecular flexibility index (Phi) is 6.72. The number of benzene rings is 2. The number of nitriles is 1. The zero-order valence-electron chi connectivity index (χ0n) is 16.5. The van der Waals surface area contributed by atoms with Crippen LogP contribution in [-0.4, -0.2) is 27.1 Å². The second kappa shape index (κ2) is 9.63. The van der Waals surface area contributed by atoms with Crippen LogP contribution < -0.4 is 15.0 Å². The summed E-state index contributed by atoms with van der Waals surface area (Å²) in [4.78, 5) is 27.3. The van der Waals surface area contributed by atoms with Gasteiger partial charge in [0.2, 0.25) is 0 Å². The predicted octanol–water partition coefficient (Wildman–Crippen LogP) is 3.67. The highest BCUT2D eigenvalue weighted by atomic mass is 35.5. The molecule has 3 aromatic rings. The fourth-order valence-electron chi connectivity index (χ4n) is 2.77. The maximum Gasteiger partial charge on any atom is 0.395 e. The van der Waals surface area contributed by atoms with Gasteiger partial charge in [-0.25, -0.2) is 0 Å². The van der Waals surface area contributed by atoms with E-state index in [0.717, 1.165) is 0 Å². The van der Waals surface area contributed by atoms with E-state index in [1.54, 1.807) is 36.4 Å². The number of nitrogens with one attached hydrogen (secondary N) is 1. The average molecular weight is 455 g/mol. The third kappa shape index (κ3) is 4.85. The van der Waals surface area contributed by atoms with Gasteiger partial charge in [0.1, 0.15) is 12.4 Å². The highest BCUT2D eigenvalue weighted by Crippen LogP contribution is 2.37. The lowest BCUT2D eigenvalue weighted by atomic mass is 10.1. The minimum absolute atomic E-state index is 0.0957. The van der Waals surface area contributed by atoms with Crippen molar-refractivity contribution < 1.29 is 19.5 Å². The summed E-state index contributed by atoms with van der Waals surface area (Å²) in [6.45, 7) is 0.0994. The number of nitrogens with zero attached hydrogens (tertiary/aromatic N) is 3. The maximum atomic E-state index is 11.7. The van der Waals surface area contributed by atoms with Crippen molar-refractivity contribution >= 4 is 29.4 Å². The number of methoxy groups -OCH3 is 1. The molecule has 2 N–H and O–H groups in total. The first kappa shape index (κ1) is 22.3. The average Bonchev–Trinajstić information content (AvgIpc) is 2.76. The van der Waals surface area contributed by atoms with Gasteiger partial charge in [0.05, 0.1) is 28.7 Å². The molecule has 0 saturated heterocycles. The molecule has 0 radical (unpaired) electrons. The molecule has 2 aromatic carbocycles. The Bertz CT molecular complexity index is 1310. The molecule has 1 aromatic heterocycles. The highest BCUT2D eigenvalue weighted by Gasteiger charge is 2.21. The summed E-state index contributed by atoms with van der Waals surface area (Å²) in [5.41, 5.74) is -0.414. The van der Waals surface area contributed by atoms with Crippen LogP contribution >= 0.6 is 11.6 Å². The molecule has 0 fully saturated rings. The zero-order chi connectivity index (χ0) is 23.3. The predicted molar refractivity (Wildman–Crippen MR) is 116 cm³/mol. The maximum absolute atomic E-state index is 11.7. The summed E-state index contributed by atoms with van der Waals surface area (Å²) in [5, 5.41) is 29.8. The summed E-state index contributed by atoms with van der Waals surface area (Å²) in [7, 11) is 1.43. The van der Waals surface area contributed by atoms with Gasteiger partial charge in [0.15, 0.2) is 11.5 Å². The van der Waals surface area contributed by atoms with Crippen molar-refractivity contribution in [2.45, 2.75) is 6.61 Å². The third-order valence-electron chi connectivity index (χ3n) is 4.27. The Morgan fingerprint density at radius 2 is 2.09 bits per heavy atom. The van der Waals surface area contributed by atoms with E-state index in [-0.39, 0.29) is 23.2 Å². The van der Waals surface area contributed by atoms with Crippen molar-refractivity contribution in [3.05, 3.63) is 84.4 Å². The van der Waals surface area contributed by atoms with E-state index in [4.69, 9.17) is 21.1 Å². The minimum atomic E-state index is -1.08. The summed E-state index contributed by atoms with van der Waals surface area (Å²) in [5.74, 6) is -0.491. The molecular formula is C21H15ClN4O6. The molecule has 0 spiro atoms. The van der Waals surface area contributed by atoms with Crippen LogP contribution in [0.5, 0.6) is 17.4 Å². The fourth-order valence-corrected chi connectivity index (χ4v) is 3.05. The topological polar surface area (TPSA) is 151 Å². The van der Waals surface area contributed by atoms with Gasteiger partial charge in [-0.2, -0.15) is 10.2 Å². The molecule has 0 unspecified atom stereocenters. The van der Waals surface area contributed by atoms with Crippen LogP contribution in [0.3, 0.4) is 0 Å². The zero-order valence-corrected chi connectivity index (χ0v) is 17.3. The first-order valence-electron chi connectivity index (χ1n) is 8.98. The number of aromatic amines is 1. The molecule has 0 aliphatic heterocycles. The molecule has 162 valence electrons. The number of hydrogen-bond acceptors (Lipinski definition) is 8. The molecule has 0 aliphatic carbocycles. The number of halogens is 1. The van der Waals surface area contributed by atoms with Crippen molar-refractivity contribution in [3.8, 4) is 23.4 Å². The van der Waals surface area contributed by atoms with E-state index in [0.29, 0.717) is 22.4 Å². The Balaban J connectivity index is 1.86. The van der Waals surface area contributed by atoms with Gasteiger partial charge in [0.25, 0.3) is 5.88 Å². The molecule has 1 heterocycles. The van der Waals surface area contributed by atoms with Gasteiger partial charge < -0.3 is 19.6 Å². The second-order valence-corrected chi connectivity index (χ2v) is 6.71. The van der Waals surface area contributed by atoms with Crippen molar-refractivity contribution in [1.82, 2.24) is 9.97 Å². The van der Waals surface area contributed by atoms with Crippen molar-refractivity contribution in [2.24, 2.45) is 0 Å². The van der Waals surface area contributed by atoms with Gasteiger partial charge >= 0.3 is 11.2 Å². The summed E-state index contributed by atoms with van der Waals surface area (Å²) in [6.07, 6.45) is 2.84. The van der Waals surface area contributed by atoms with Crippen LogP contribution in [-0.2, 0) is 6.61 Å². The number of hydrogen-bond donors (Lipinski definition) is 2.